The molecule has 11 rings (SSSR count). The molecule has 0 radical (unpaired) electrons. The lowest BCUT2D eigenvalue weighted by Gasteiger charge is -2.27. The van der Waals surface area contributed by atoms with E-state index in [1.165, 1.54) is 76.7 Å². The summed E-state index contributed by atoms with van der Waals surface area (Å²) in [6.07, 6.45) is 0. The van der Waals surface area contributed by atoms with Gasteiger partial charge in [0.15, 0.2) is 0 Å². The number of benzene rings is 10. The molecule has 0 saturated carbocycles. The van der Waals surface area contributed by atoms with Crippen LogP contribution < -0.4 is 4.90 Å². The van der Waals surface area contributed by atoms with E-state index >= 15 is 0 Å². The molecule has 10 aromatic carbocycles. The first kappa shape index (κ1) is 33.6. The molecular formula is C56H38N2. The molecule has 0 aliphatic heterocycles. The van der Waals surface area contributed by atoms with Gasteiger partial charge in [0.2, 0.25) is 0 Å². The Hall–Kier alpha value is -7.68. The summed E-state index contributed by atoms with van der Waals surface area (Å²) in [6, 6.07) is 83.7. The Morgan fingerprint density at radius 3 is 1.59 bits per heavy atom. The highest BCUT2D eigenvalue weighted by Crippen LogP contribution is 2.44. The lowest BCUT2D eigenvalue weighted by atomic mass is 9.93. The fraction of sp³-hybridized carbons (Fsp3) is 0. The van der Waals surface area contributed by atoms with Crippen LogP contribution >= 0.6 is 0 Å². The predicted octanol–water partition coefficient (Wildman–Crippen LogP) is 15.6. The number of anilines is 3. The van der Waals surface area contributed by atoms with E-state index < -0.39 is 0 Å². The molecular weight excluding hydrogens is 701 g/mol. The minimum absolute atomic E-state index is 1.09. The summed E-state index contributed by atoms with van der Waals surface area (Å²) >= 11 is 0. The SMILES string of the molecule is c1ccc(-c2ccc(N(c3ccc(-c4cccc5c6ccccc6n(-c6ccccc6)c45)cc3)c3ccc4ccc5ccccc5c4c3)cc2-c2ccccc2)cc1. The van der Waals surface area contributed by atoms with Crippen molar-refractivity contribution in [3.8, 4) is 39.1 Å². The highest BCUT2D eigenvalue weighted by atomic mass is 15.1. The molecule has 0 amide bonds. The highest BCUT2D eigenvalue weighted by Gasteiger charge is 2.20. The van der Waals surface area contributed by atoms with Crippen molar-refractivity contribution < 1.29 is 0 Å². The fourth-order valence-corrected chi connectivity index (χ4v) is 8.86. The van der Waals surface area contributed by atoms with Crippen LogP contribution in [0.15, 0.2) is 231 Å². The lowest BCUT2D eigenvalue weighted by molar-refractivity contribution is 1.18. The first-order valence-corrected chi connectivity index (χ1v) is 19.9. The topological polar surface area (TPSA) is 8.17 Å². The molecule has 2 nitrogen and oxygen atoms in total. The van der Waals surface area contributed by atoms with Gasteiger partial charge in [-0.3, -0.25) is 0 Å². The summed E-state index contributed by atoms with van der Waals surface area (Å²) in [7, 11) is 0. The first-order chi connectivity index (χ1) is 28.8. The fourth-order valence-electron chi connectivity index (χ4n) is 8.86. The molecule has 0 unspecified atom stereocenters. The van der Waals surface area contributed by atoms with Gasteiger partial charge < -0.3 is 9.47 Å². The molecule has 1 aromatic heterocycles. The summed E-state index contributed by atoms with van der Waals surface area (Å²) in [5.41, 5.74) is 14.0. The van der Waals surface area contributed by atoms with E-state index in [2.05, 4.69) is 240 Å². The number of para-hydroxylation sites is 3. The maximum absolute atomic E-state index is 2.42. The molecule has 272 valence electrons. The zero-order valence-electron chi connectivity index (χ0n) is 31.8. The standard InChI is InChI=1S/C56H38N2/c1-4-15-39(16-5-1)49-36-35-47(38-53(49)40-17-6-2-7-18-40)57(46-34-31-43-28-27-41-19-10-11-22-48(41)54(43)37-46)45-32-29-42(30-33-45)50-24-14-25-52-51-23-12-13-26-55(51)58(56(50)52)44-20-8-3-9-21-44/h1-38H. The number of fused-ring (bicyclic) bond motifs is 6. The third kappa shape index (κ3) is 5.74. The van der Waals surface area contributed by atoms with Crippen LogP contribution in [0, 0.1) is 0 Å². The van der Waals surface area contributed by atoms with Gasteiger partial charge in [-0.05, 0) is 104 Å². The van der Waals surface area contributed by atoms with Crippen molar-refractivity contribution in [3.63, 3.8) is 0 Å². The van der Waals surface area contributed by atoms with Crippen LogP contribution in [-0.4, -0.2) is 4.57 Å². The lowest BCUT2D eigenvalue weighted by Crippen LogP contribution is -2.10. The number of rotatable bonds is 7. The van der Waals surface area contributed by atoms with Gasteiger partial charge in [-0.15, -0.1) is 0 Å². The average Bonchev–Trinajstić information content (AvgIpc) is 3.65. The molecule has 2 heteroatoms. The number of nitrogens with zero attached hydrogens (tertiary/aromatic N) is 2. The maximum atomic E-state index is 2.42. The average molecular weight is 739 g/mol. The van der Waals surface area contributed by atoms with E-state index in [9.17, 15) is 0 Å². The molecule has 58 heavy (non-hydrogen) atoms. The van der Waals surface area contributed by atoms with Gasteiger partial charge in [0.1, 0.15) is 0 Å². The third-order valence-corrected chi connectivity index (χ3v) is 11.6. The summed E-state index contributed by atoms with van der Waals surface area (Å²) in [4.78, 5) is 2.41. The Labute approximate surface area is 338 Å². The van der Waals surface area contributed by atoms with Gasteiger partial charge in [0, 0.05) is 39.1 Å². The second kappa shape index (κ2) is 14.1. The molecule has 0 spiro atoms. The number of hydrogen-bond donors (Lipinski definition) is 0. The monoisotopic (exact) mass is 738 g/mol. The van der Waals surface area contributed by atoms with Crippen LogP contribution in [0.5, 0.6) is 0 Å². The normalized spacial score (nSPS) is 11.4. The molecule has 0 aliphatic rings. The molecule has 0 atom stereocenters. The van der Waals surface area contributed by atoms with Crippen LogP contribution in [0.2, 0.25) is 0 Å². The Bertz CT molecular complexity index is 3250. The Morgan fingerprint density at radius 1 is 0.293 bits per heavy atom. The van der Waals surface area contributed by atoms with E-state index in [0.29, 0.717) is 0 Å². The van der Waals surface area contributed by atoms with Gasteiger partial charge in [0.05, 0.1) is 11.0 Å². The molecule has 0 aliphatic carbocycles. The minimum Gasteiger partial charge on any atom is -0.310 e. The largest absolute Gasteiger partial charge is 0.310 e. The maximum Gasteiger partial charge on any atom is 0.0619 e. The van der Waals surface area contributed by atoms with Crippen molar-refractivity contribution in [2.75, 3.05) is 4.90 Å². The molecule has 0 fully saturated rings. The van der Waals surface area contributed by atoms with Crippen LogP contribution in [-0.2, 0) is 0 Å². The Balaban J connectivity index is 1.11. The van der Waals surface area contributed by atoms with Crippen LogP contribution in [0.25, 0.3) is 82.4 Å². The zero-order chi connectivity index (χ0) is 38.4. The van der Waals surface area contributed by atoms with Gasteiger partial charge >= 0.3 is 0 Å². The van der Waals surface area contributed by atoms with Crippen molar-refractivity contribution >= 4 is 60.4 Å². The van der Waals surface area contributed by atoms with E-state index in [0.717, 1.165) is 22.7 Å². The smallest absolute Gasteiger partial charge is 0.0619 e. The minimum atomic E-state index is 1.09. The van der Waals surface area contributed by atoms with E-state index in [1.807, 2.05) is 0 Å². The molecule has 0 bridgehead atoms. The first-order valence-electron chi connectivity index (χ1n) is 19.9. The molecule has 1 heterocycles. The molecule has 11 aromatic rings. The van der Waals surface area contributed by atoms with Crippen molar-refractivity contribution in [3.05, 3.63) is 231 Å². The summed E-state index contributed by atoms with van der Waals surface area (Å²) in [6.45, 7) is 0. The van der Waals surface area contributed by atoms with E-state index in [1.54, 1.807) is 0 Å². The predicted molar refractivity (Wildman–Crippen MR) is 247 cm³/mol. The zero-order valence-corrected chi connectivity index (χ0v) is 31.8. The summed E-state index contributed by atoms with van der Waals surface area (Å²) in [5, 5.41) is 7.46. The number of aromatic nitrogens is 1. The second-order valence-corrected chi connectivity index (χ2v) is 14.9. The van der Waals surface area contributed by atoms with Crippen molar-refractivity contribution in [1.82, 2.24) is 4.57 Å². The van der Waals surface area contributed by atoms with Crippen LogP contribution in [0.1, 0.15) is 0 Å². The Morgan fingerprint density at radius 2 is 0.828 bits per heavy atom. The van der Waals surface area contributed by atoms with Gasteiger partial charge in [-0.2, -0.15) is 0 Å². The van der Waals surface area contributed by atoms with Crippen LogP contribution in [0.4, 0.5) is 17.1 Å². The summed E-state index contributed by atoms with van der Waals surface area (Å²) in [5.74, 6) is 0. The molecule has 0 N–H and O–H groups in total. The molecule has 0 saturated heterocycles. The quantitative estimate of drug-likeness (QED) is 0.148. The van der Waals surface area contributed by atoms with E-state index in [4.69, 9.17) is 0 Å². The highest BCUT2D eigenvalue weighted by molar-refractivity contribution is 6.14. The van der Waals surface area contributed by atoms with E-state index in [-0.39, 0.29) is 0 Å². The van der Waals surface area contributed by atoms with Crippen molar-refractivity contribution in [1.29, 1.82) is 0 Å². The second-order valence-electron chi connectivity index (χ2n) is 14.9. The Kier molecular flexibility index (Phi) is 8.19. The van der Waals surface area contributed by atoms with Crippen molar-refractivity contribution in [2.45, 2.75) is 0 Å². The van der Waals surface area contributed by atoms with Crippen molar-refractivity contribution in [2.24, 2.45) is 0 Å². The van der Waals surface area contributed by atoms with Gasteiger partial charge in [0.25, 0.3) is 0 Å². The third-order valence-electron chi connectivity index (χ3n) is 11.6. The number of hydrogen-bond acceptors (Lipinski definition) is 1. The van der Waals surface area contributed by atoms with Gasteiger partial charge in [-0.25, -0.2) is 0 Å². The van der Waals surface area contributed by atoms with Gasteiger partial charge in [-0.1, -0.05) is 176 Å². The summed E-state index contributed by atoms with van der Waals surface area (Å²) < 4.78 is 2.42. The van der Waals surface area contributed by atoms with Crippen LogP contribution in [0.3, 0.4) is 0 Å².